The lowest BCUT2D eigenvalue weighted by molar-refractivity contribution is 0.0139. The van der Waals surface area contributed by atoms with Crippen molar-refractivity contribution in [3.8, 4) is 12.3 Å². The summed E-state index contributed by atoms with van der Waals surface area (Å²) in [7, 11) is 0. The molecule has 158 valence electrons. The predicted molar refractivity (Wildman–Crippen MR) is 117 cm³/mol. The quantitative estimate of drug-likeness (QED) is 0.793. The number of ether oxygens (including phenoxy) is 1. The second-order valence-corrected chi connectivity index (χ2v) is 8.91. The maximum atomic E-state index is 12.3. The van der Waals surface area contributed by atoms with Crippen LogP contribution in [0.1, 0.15) is 37.5 Å². The van der Waals surface area contributed by atoms with Gasteiger partial charge in [0.05, 0.1) is 0 Å². The minimum atomic E-state index is -0.456. The van der Waals surface area contributed by atoms with Crippen LogP contribution in [-0.2, 0) is 11.3 Å². The zero-order valence-electron chi connectivity index (χ0n) is 18.3. The average molecular weight is 399 g/mol. The zero-order chi connectivity index (χ0) is 21.0. The summed E-state index contributed by atoms with van der Waals surface area (Å²) in [5.41, 5.74) is 4.20. The number of carbonyl (C=O) groups excluding carboxylic acids is 1. The first-order valence-electron chi connectivity index (χ1n) is 10.5. The number of carbonyl (C=O) groups is 1. The Bertz CT molecular complexity index is 764. The van der Waals surface area contributed by atoms with Crippen LogP contribution in [0.15, 0.2) is 12.1 Å². The van der Waals surface area contributed by atoms with Crippen molar-refractivity contribution >= 4 is 11.8 Å². The first-order valence-corrected chi connectivity index (χ1v) is 10.5. The highest BCUT2D eigenvalue weighted by Crippen LogP contribution is 2.27. The topological polar surface area (TPSA) is 48.1 Å². The van der Waals surface area contributed by atoms with Gasteiger partial charge >= 0.3 is 6.09 Å². The summed E-state index contributed by atoms with van der Waals surface area (Å²) < 4.78 is 5.49. The Hall–Kier alpha value is -2.23. The molecule has 0 saturated carbocycles. The minimum Gasteiger partial charge on any atom is -0.444 e. The third-order valence-corrected chi connectivity index (χ3v) is 5.48. The predicted octanol–water partition coefficient (Wildman–Crippen LogP) is 2.44. The van der Waals surface area contributed by atoms with Gasteiger partial charge < -0.3 is 19.9 Å². The Balaban J connectivity index is 1.65. The van der Waals surface area contributed by atoms with Gasteiger partial charge in [0.15, 0.2) is 0 Å². The molecule has 2 saturated heterocycles. The van der Waals surface area contributed by atoms with Crippen molar-refractivity contribution in [1.82, 2.24) is 15.1 Å². The second-order valence-electron chi connectivity index (χ2n) is 8.91. The summed E-state index contributed by atoms with van der Waals surface area (Å²) >= 11 is 0. The Labute approximate surface area is 175 Å². The molecule has 0 unspecified atom stereocenters. The number of benzene rings is 1. The van der Waals surface area contributed by atoms with Crippen LogP contribution in [0, 0.1) is 19.3 Å². The van der Waals surface area contributed by atoms with E-state index < -0.39 is 5.60 Å². The van der Waals surface area contributed by atoms with Crippen LogP contribution < -0.4 is 10.2 Å². The van der Waals surface area contributed by atoms with Crippen molar-refractivity contribution in [2.24, 2.45) is 0 Å². The maximum Gasteiger partial charge on any atom is 0.410 e. The number of rotatable bonds is 3. The van der Waals surface area contributed by atoms with Gasteiger partial charge in [0.25, 0.3) is 0 Å². The number of nitrogens with one attached hydrogen (secondary N) is 1. The van der Waals surface area contributed by atoms with Crippen molar-refractivity contribution in [3.63, 3.8) is 0 Å². The number of nitrogens with zero attached hydrogens (tertiary/aromatic N) is 3. The summed E-state index contributed by atoms with van der Waals surface area (Å²) in [4.78, 5) is 18.9. The monoisotopic (exact) mass is 398 g/mol. The normalized spacial score (nSPS) is 18.4. The van der Waals surface area contributed by atoms with E-state index >= 15 is 0 Å². The molecule has 29 heavy (non-hydrogen) atoms. The van der Waals surface area contributed by atoms with Gasteiger partial charge in [-0.25, -0.2) is 4.79 Å². The van der Waals surface area contributed by atoms with E-state index in [2.05, 4.69) is 40.1 Å². The number of piperazine rings is 2. The summed E-state index contributed by atoms with van der Waals surface area (Å²) in [5.74, 6) is 2.87. The van der Waals surface area contributed by atoms with Crippen molar-refractivity contribution in [2.75, 3.05) is 57.3 Å². The highest BCUT2D eigenvalue weighted by Gasteiger charge is 2.26. The fourth-order valence-corrected chi connectivity index (χ4v) is 3.91. The van der Waals surface area contributed by atoms with E-state index in [1.807, 2.05) is 20.8 Å². The fraction of sp³-hybridized carbons (Fsp3) is 0.609. The van der Waals surface area contributed by atoms with E-state index in [-0.39, 0.29) is 6.09 Å². The maximum absolute atomic E-state index is 12.3. The highest BCUT2D eigenvalue weighted by atomic mass is 16.6. The van der Waals surface area contributed by atoms with Gasteiger partial charge in [-0.2, -0.15) is 0 Å². The van der Waals surface area contributed by atoms with Crippen LogP contribution in [0.4, 0.5) is 10.5 Å². The van der Waals surface area contributed by atoms with Crippen molar-refractivity contribution in [1.29, 1.82) is 0 Å². The molecule has 2 fully saturated rings. The Kier molecular flexibility index (Phi) is 6.71. The Morgan fingerprint density at radius 1 is 1.14 bits per heavy atom. The number of hydrogen-bond donors (Lipinski definition) is 1. The van der Waals surface area contributed by atoms with Gasteiger partial charge in [0, 0.05) is 70.2 Å². The third-order valence-electron chi connectivity index (χ3n) is 5.48. The molecule has 0 aromatic heterocycles. The molecule has 1 aromatic carbocycles. The molecule has 1 N–H and O–H groups in total. The minimum absolute atomic E-state index is 0.219. The third kappa shape index (κ3) is 5.65. The number of amides is 1. The van der Waals surface area contributed by atoms with Crippen molar-refractivity contribution in [3.05, 3.63) is 28.8 Å². The van der Waals surface area contributed by atoms with Gasteiger partial charge in [0.2, 0.25) is 0 Å². The molecule has 0 radical (unpaired) electrons. The fourth-order valence-electron chi connectivity index (χ4n) is 3.91. The summed E-state index contributed by atoms with van der Waals surface area (Å²) in [5, 5.41) is 3.41. The van der Waals surface area contributed by atoms with Crippen LogP contribution in [0.3, 0.4) is 0 Å². The first kappa shape index (κ1) is 21.5. The number of terminal acetylenes is 1. The van der Waals surface area contributed by atoms with E-state index in [0.717, 1.165) is 51.4 Å². The van der Waals surface area contributed by atoms with Crippen LogP contribution in [-0.4, -0.2) is 73.9 Å². The highest BCUT2D eigenvalue weighted by molar-refractivity contribution is 5.68. The molecule has 1 aromatic rings. The summed E-state index contributed by atoms with van der Waals surface area (Å²) in [6, 6.07) is 4.43. The molecule has 3 rings (SSSR count). The summed E-state index contributed by atoms with van der Waals surface area (Å²) in [6.45, 7) is 15.7. The number of anilines is 1. The molecular formula is C23H34N4O2. The SMILES string of the molecule is C#Cc1cc(CN2CCN(C(=O)OC(C)(C)C)CC2)cc(N2CCNCC2)c1C. The van der Waals surface area contributed by atoms with E-state index in [1.54, 1.807) is 4.90 Å². The van der Waals surface area contributed by atoms with E-state index in [1.165, 1.54) is 16.8 Å². The lowest BCUT2D eigenvalue weighted by atomic mass is 10.0. The molecule has 1 amide bonds. The van der Waals surface area contributed by atoms with E-state index in [9.17, 15) is 4.79 Å². The van der Waals surface area contributed by atoms with Gasteiger partial charge in [-0.3, -0.25) is 4.90 Å². The molecule has 6 heteroatoms. The standard InChI is InChI=1S/C23H34N4O2/c1-6-20-15-19(16-21(18(20)2)26-9-7-24-8-10-26)17-25-11-13-27(14-12-25)22(28)29-23(3,4)5/h1,15-16,24H,7-14,17H2,2-5H3. The van der Waals surface area contributed by atoms with Gasteiger partial charge in [0.1, 0.15) is 5.60 Å². The Morgan fingerprint density at radius 3 is 2.38 bits per heavy atom. The van der Waals surface area contributed by atoms with Crippen molar-refractivity contribution < 1.29 is 9.53 Å². The van der Waals surface area contributed by atoms with Gasteiger partial charge in [-0.05, 0) is 51.0 Å². The number of hydrogen-bond acceptors (Lipinski definition) is 5. The molecule has 2 aliphatic rings. The Morgan fingerprint density at radius 2 is 1.79 bits per heavy atom. The first-order chi connectivity index (χ1) is 13.8. The lowest BCUT2D eigenvalue weighted by Crippen LogP contribution is -2.49. The second kappa shape index (κ2) is 9.06. The smallest absolute Gasteiger partial charge is 0.410 e. The molecule has 2 aliphatic heterocycles. The van der Waals surface area contributed by atoms with Crippen molar-refractivity contribution in [2.45, 2.75) is 39.8 Å². The van der Waals surface area contributed by atoms with Crippen LogP contribution in [0.2, 0.25) is 0 Å². The van der Waals surface area contributed by atoms with E-state index in [4.69, 9.17) is 11.2 Å². The average Bonchev–Trinajstić information content (AvgIpc) is 2.69. The summed E-state index contributed by atoms with van der Waals surface area (Å²) in [6.07, 6.45) is 5.58. The van der Waals surface area contributed by atoms with Gasteiger partial charge in [-0.1, -0.05) is 5.92 Å². The molecule has 0 spiro atoms. The lowest BCUT2D eigenvalue weighted by Gasteiger charge is -2.36. The van der Waals surface area contributed by atoms with Crippen LogP contribution in [0.5, 0.6) is 0 Å². The van der Waals surface area contributed by atoms with Crippen LogP contribution >= 0.6 is 0 Å². The molecule has 0 bridgehead atoms. The molecule has 6 nitrogen and oxygen atoms in total. The molecule has 0 aliphatic carbocycles. The molecular weight excluding hydrogens is 364 g/mol. The largest absolute Gasteiger partial charge is 0.444 e. The van der Waals surface area contributed by atoms with Gasteiger partial charge in [-0.15, -0.1) is 6.42 Å². The van der Waals surface area contributed by atoms with Crippen LogP contribution in [0.25, 0.3) is 0 Å². The van der Waals surface area contributed by atoms with E-state index in [0.29, 0.717) is 13.1 Å². The molecule has 2 heterocycles. The zero-order valence-corrected chi connectivity index (χ0v) is 18.3. The molecule has 0 atom stereocenters.